The van der Waals surface area contributed by atoms with Gasteiger partial charge in [-0.3, -0.25) is 4.68 Å². The fourth-order valence-corrected chi connectivity index (χ4v) is 3.95. The van der Waals surface area contributed by atoms with E-state index in [2.05, 4.69) is 9.82 Å². The number of aromatic nitrogens is 2. The maximum atomic E-state index is 12.7. The van der Waals surface area contributed by atoms with Crippen molar-refractivity contribution in [2.75, 3.05) is 6.54 Å². The van der Waals surface area contributed by atoms with Crippen molar-refractivity contribution in [3.8, 4) is 11.3 Å². The van der Waals surface area contributed by atoms with E-state index in [0.717, 1.165) is 18.4 Å². The molecule has 0 unspecified atom stereocenters. The molecule has 0 atom stereocenters. The number of hydrogen-bond acceptors (Lipinski definition) is 3. The normalized spacial score (nSPS) is 11.6. The van der Waals surface area contributed by atoms with Crippen LogP contribution in [0, 0.1) is 0 Å². The van der Waals surface area contributed by atoms with Crippen molar-refractivity contribution in [3.63, 3.8) is 0 Å². The van der Waals surface area contributed by atoms with E-state index < -0.39 is 10.0 Å². The summed E-state index contributed by atoms with van der Waals surface area (Å²) in [6, 6.07) is 19.4. The second-order valence-electron chi connectivity index (χ2n) is 5.87. The third-order valence-electron chi connectivity index (χ3n) is 3.91. The van der Waals surface area contributed by atoms with E-state index in [1.54, 1.807) is 13.2 Å². The van der Waals surface area contributed by atoms with Crippen LogP contribution in [0.4, 0.5) is 0 Å². The van der Waals surface area contributed by atoms with E-state index in [1.807, 2.05) is 60.7 Å². The second kappa shape index (κ2) is 7.63. The minimum absolute atomic E-state index is 0.209. The third kappa shape index (κ3) is 4.35. The molecule has 0 bridgehead atoms. The second-order valence-corrected chi connectivity index (χ2v) is 7.60. The van der Waals surface area contributed by atoms with Crippen LogP contribution in [0.15, 0.2) is 71.8 Å². The zero-order valence-corrected chi connectivity index (χ0v) is 14.9. The predicted molar refractivity (Wildman–Crippen MR) is 98.6 cm³/mol. The summed E-state index contributed by atoms with van der Waals surface area (Å²) in [7, 11) is -1.88. The van der Waals surface area contributed by atoms with E-state index >= 15 is 0 Å². The molecule has 2 aromatic carbocycles. The van der Waals surface area contributed by atoms with E-state index in [9.17, 15) is 8.42 Å². The van der Waals surface area contributed by atoms with E-state index in [4.69, 9.17) is 0 Å². The summed E-state index contributed by atoms with van der Waals surface area (Å²) >= 11 is 0. The number of sulfonamides is 1. The molecule has 25 heavy (non-hydrogen) atoms. The summed E-state index contributed by atoms with van der Waals surface area (Å²) in [6.07, 6.45) is 3.12. The van der Waals surface area contributed by atoms with E-state index in [-0.39, 0.29) is 4.90 Å². The van der Waals surface area contributed by atoms with Crippen molar-refractivity contribution in [2.24, 2.45) is 7.05 Å². The summed E-state index contributed by atoms with van der Waals surface area (Å²) in [4.78, 5) is 0.209. The minimum Gasteiger partial charge on any atom is -0.274 e. The van der Waals surface area contributed by atoms with E-state index in [0.29, 0.717) is 12.2 Å². The van der Waals surface area contributed by atoms with Gasteiger partial charge in [0.05, 0.1) is 0 Å². The molecule has 0 radical (unpaired) electrons. The van der Waals surface area contributed by atoms with Crippen LogP contribution in [0.5, 0.6) is 0 Å². The molecule has 0 amide bonds. The molecular weight excluding hydrogens is 334 g/mol. The molecule has 3 aromatic rings. The van der Waals surface area contributed by atoms with Crippen LogP contribution in [0.3, 0.4) is 0 Å². The third-order valence-corrected chi connectivity index (χ3v) is 5.37. The molecule has 5 nitrogen and oxygen atoms in total. The largest absolute Gasteiger partial charge is 0.274 e. The standard InChI is InChI=1S/C19H21N3O2S/c1-22-15-18(19(21-22)17-12-6-3-7-13-17)25(23,24)20-14-8-11-16-9-4-2-5-10-16/h2-7,9-10,12-13,15,20H,8,11,14H2,1H3. The molecule has 0 fully saturated rings. The maximum absolute atomic E-state index is 12.7. The quantitative estimate of drug-likeness (QED) is 0.663. The molecule has 1 aromatic heterocycles. The summed E-state index contributed by atoms with van der Waals surface area (Å²) in [5.74, 6) is 0. The molecule has 130 valence electrons. The van der Waals surface area contributed by atoms with Crippen molar-refractivity contribution in [1.29, 1.82) is 0 Å². The Kier molecular flexibility index (Phi) is 5.31. The molecule has 0 saturated heterocycles. The first-order valence-corrected chi connectivity index (χ1v) is 9.67. The van der Waals surface area contributed by atoms with Gasteiger partial charge in [-0.1, -0.05) is 60.7 Å². The lowest BCUT2D eigenvalue weighted by atomic mass is 10.1. The smallest absolute Gasteiger partial charge is 0.244 e. The average Bonchev–Trinajstić information content (AvgIpc) is 3.03. The lowest BCUT2D eigenvalue weighted by molar-refractivity contribution is 0.579. The molecular formula is C19H21N3O2S. The summed E-state index contributed by atoms with van der Waals surface area (Å²) in [6.45, 7) is 0.389. The van der Waals surface area contributed by atoms with Crippen LogP contribution in [0.2, 0.25) is 0 Å². The summed E-state index contributed by atoms with van der Waals surface area (Å²) < 4.78 is 29.6. The van der Waals surface area contributed by atoms with Gasteiger partial charge < -0.3 is 0 Å². The van der Waals surface area contributed by atoms with Crippen molar-refractivity contribution >= 4 is 10.0 Å². The Balaban J connectivity index is 1.70. The molecule has 0 aliphatic rings. The first-order chi connectivity index (χ1) is 12.1. The van der Waals surface area contributed by atoms with Crippen LogP contribution in [-0.2, 0) is 23.5 Å². The number of hydrogen-bond donors (Lipinski definition) is 1. The van der Waals surface area contributed by atoms with Crippen molar-refractivity contribution in [1.82, 2.24) is 14.5 Å². The summed E-state index contributed by atoms with van der Waals surface area (Å²) in [5.41, 5.74) is 2.46. The van der Waals surface area contributed by atoms with Crippen molar-refractivity contribution in [3.05, 3.63) is 72.4 Å². The van der Waals surface area contributed by atoms with Crippen LogP contribution >= 0.6 is 0 Å². The zero-order valence-electron chi connectivity index (χ0n) is 14.1. The van der Waals surface area contributed by atoms with Crippen LogP contribution in [-0.4, -0.2) is 24.7 Å². The van der Waals surface area contributed by atoms with Crippen LogP contribution < -0.4 is 4.72 Å². The highest BCUT2D eigenvalue weighted by Crippen LogP contribution is 2.25. The first-order valence-electron chi connectivity index (χ1n) is 8.19. The molecule has 0 aliphatic heterocycles. The van der Waals surface area contributed by atoms with Gasteiger partial charge >= 0.3 is 0 Å². The monoisotopic (exact) mass is 355 g/mol. The van der Waals surface area contributed by atoms with Gasteiger partial charge in [-0.05, 0) is 18.4 Å². The number of rotatable bonds is 7. The number of aryl methyl sites for hydroxylation is 2. The van der Waals surface area contributed by atoms with Gasteiger partial charge in [-0.2, -0.15) is 5.10 Å². The highest BCUT2D eigenvalue weighted by molar-refractivity contribution is 7.89. The Bertz CT molecular complexity index is 920. The molecule has 1 N–H and O–H groups in total. The highest BCUT2D eigenvalue weighted by atomic mass is 32.2. The molecule has 3 rings (SSSR count). The highest BCUT2D eigenvalue weighted by Gasteiger charge is 2.22. The Morgan fingerprint density at radius 3 is 2.32 bits per heavy atom. The molecule has 6 heteroatoms. The molecule has 1 heterocycles. The van der Waals surface area contributed by atoms with Gasteiger partial charge in [0, 0.05) is 25.4 Å². The Morgan fingerprint density at radius 2 is 1.64 bits per heavy atom. The SMILES string of the molecule is Cn1cc(S(=O)(=O)NCCCc2ccccc2)c(-c2ccccc2)n1. The van der Waals surface area contributed by atoms with Gasteiger partial charge in [0.2, 0.25) is 10.0 Å². The topological polar surface area (TPSA) is 64.0 Å². The lowest BCUT2D eigenvalue weighted by Crippen LogP contribution is -2.25. The Morgan fingerprint density at radius 1 is 1.00 bits per heavy atom. The van der Waals surface area contributed by atoms with E-state index in [1.165, 1.54) is 10.2 Å². The molecule has 0 saturated carbocycles. The minimum atomic E-state index is -3.61. The van der Waals surface area contributed by atoms with Gasteiger partial charge in [0.1, 0.15) is 10.6 Å². The van der Waals surface area contributed by atoms with Gasteiger partial charge in [0.25, 0.3) is 0 Å². The first kappa shape index (κ1) is 17.4. The number of nitrogens with one attached hydrogen (secondary N) is 1. The molecule has 0 spiro atoms. The predicted octanol–water partition coefficient (Wildman–Crippen LogP) is 3.00. The van der Waals surface area contributed by atoms with Crippen LogP contribution in [0.25, 0.3) is 11.3 Å². The lowest BCUT2D eigenvalue weighted by Gasteiger charge is -2.07. The summed E-state index contributed by atoms with van der Waals surface area (Å²) in [5, 5.41) is 4.32. The zero-order chi connectivity index (χ0) is 17.7. The average molecular weight is 355 g/mol. The van der Waals surface area contributed by atoms with Gasteiger partial charge in [-0.25, -0.2) is 13.1 Å². The van der Waals surface area contributed by atoms with Crippen LogP contribution in [0.1, 0.15) is 12.0 Å². The Labute approximate surface area is 148 Å². The Hall–Kier alpha value is -2.44. The maximum Gasteiger partial charge on any atom is 0.244 e. The van der Waals surface area contributed by atoms with Crippen molar-refractivity contribution < 1.29 is 8.42 Å². The number of benzene rings is 2. The van der Waals surface area contributed by atoms with Gasteiger partial charge in [0.15, 0.2) is 0 Å². The fraction of sp³-hybridized carbons (Fsp3) is 0.211. The fourth-order valence-electron chi connectivity index (χ4n) is 2.68. The molecule has 0 aliphatic carbocycles. The van der Waals surface area contributed by atoms with Gasteiger partial charge in [-0.15, -0.1) is 0 Å². The van der Waals surface area contributed by atoms with Crippen molar-refractivity contribution in [2.45, 2.75) is 17.7 Å². The number of nitrogens with zero attached hydrogens (tertiary/aromatic N) is 2.